The summed E-state index contributed by atoms with van der Waals surface area (Å²) < 4.78 is 12.1. The van der Waals surface area contributed by atoms with Crippen LogP contribution in [-0.2, 0) is 0 Å². The Balaban J connectivity index is 1.84. The molecule has 0 saturated heterocycles. The molecule has 0 fully saturated rings. The van der Waals surface area contributed by atoms with E-state index < -0.39 is 0 Å². The lowest BCUT2D eigenvalue weighted by Crippen LogP contribution is -2.33. The first-order chi connectivity index (χ1) is 12.0. The molecule has 0 aliphatic carbocycles. The Labute approximate surface area is 148 Å². The molecule has 25 heavy (non-hydrogen) atoms. The highest BCUT2D eigenvalue weighted by Crippen LogP contribution is 2.32. The summed E-state index contributed by atoms with van der Waals surface area (Å²) in [5.74, 6) is 1.37. The number of ether oxygens (including phenoxy) is 2. The number of aromatic amines is 1. The average molecular weight is 355 g/mol. The lowest BCUT2D eigenvalue weighted by molar-refractivity contribution is 0.174. The van der Waals surface area contributed by atoms with Crippen LogP contribution in [0.3, 0.4) is 0 Å². The van der Waals surface area contributed by atoms with Crippen molar-refractivity contribution in [1.29, 1.82) is 0 Å². The van der Waals surface area contributed by atoms with Gasteiger partial charge in [-0.15, -0.1) is 0 Å². The molecule has 3 aromatic rings. The van der Waals surface area contributed by atoms with Crippen molar-refractivity contribution >= 4 is 24.3 Å². The smallest absolute Gasteiger partial charge is 0.279 e. The van der Waals surface area contributed by atoms with Crippen molar-refractivity contribution in [2.75, 3.05) is 6.79 Å². The average Bonchev–Trinajstić information content (AvgIpc) is 3.16. The fraction of sp³-hybridized carbons (Fsp3) is 0.105. The fourth-order valence-corrected chi connectivity index (χ4v) is 2.89. The van der Waals surface area contributed by atoms with Crippen LogP contribution in [0.5, 0.6) is 11.5 Å². The van der Waals surface area contributed by atoms with Gasteiger partial charge in [0.15, 0.2) is 11.5 Å². The number of nitrogens with one attached hydrogen (secondary N) is 1. The topological polar surface area (TPSA) is 56.2 Å². The van der Waals surface area contributed by atoms with E-state index in [1.165, 1.54) is 4.68 Å². The summed E-state index contributed by atoms with van der Waals surface area (Å²) in [5.41, 5.74) is 2.25. The van der Waals surface area contributed by atoms with E-state index in [9.17, 15) is 4.79 Å². The molecule has 126 valence electrons. The van der Waals surface area contributed by atoms with E-state index in [0.717, 1.165) is 11.1 Å². The Morgan fingerprint density at radius 2 is 2.00 bits per heavy atom. The largest absolute Gasteiger partial charge is 0.454 e. The van der Waals surface area contributed by atoms with Gasteiger partial charge in [-0.1, -0.05) is 30.3 Å². The van der Waals surface area contributed by atoms with Crippen molar-refractivity contribution in [1.82, 2.24) is 9.78 Å². The zero-order chi connectivity index (χ0) is 17.6. The number of rotatable bonds is 2. The summed E-state index contributed by atoms with van der Waals surface area (Å²) in [4.78, 5) is 12.8. The van der Waals surface area contributed by atoms with E-state index >= 15 is 0 Å². The quantitative estimate of drug-likeness (QED) is 0.766. The van der Waals surface area contributed by atoms with E-state index in [1.807, 2.05) is 37.3 Å². The van der Waals surface area contributed by atoms with Crippen LogP contribution in [0.25, 0.3) is 18.3 Å². The Hall–Kier alpha value is -2.92. The molecule has 1 aromatic heterocycles. The molecule has 0 spiro atoms. The molecule has 0 saturated carbocycles. The maximum Gasteiger partial charge on any atom is 0.279 e. The molecule has 2 heterocycles. The first kappa shape index (κ1) is 15.6. The summed E-state index contributed by atoms with van der Waals surface area (Å²) in [5, 5.41) is 4.61. The van der Waals surface area contributed by atoms with Gasteiger partial charge in [0.1, 0.15) is 0 Å². The Bertz CT molecular complexity index is 1140. The molecule has 0 unspecified atom stereocenters. The highest BCUT2D eigenvalue weighted by molar-refractivity contribution is 6.31. The van der Waals surface area contributed by atoms with Crippen molar-refractivity contribution in [3.63, 3.8) is 0 Å². The number of nitrogens with zero attached hydrogens (tertiary/aromatic N) is 1. The first-order valence-corrected chi connectivity index (χ1v) is 8.08. The monoisotopic (exact) mass is 354 g/mol. The molecule has 6 heteroatoms. The summed E-state index contributed by atoms with van der Waals surface area (Å²) >= 11 is 6.17. The Morgan fingerprint density at radius 1 is 1.20 bits per heavy atom. The Kier molecular flexibility index (Phi) is 3.66. The molecule has 1 aliphatic rings. The highest BCUT2D eigenvalue weighted by Gasteiger charge is 2.13. The maximum atomic E-state index is 12.8. The minimum Gasteiger partial charge on any atom is -0.454 e. The Morgan fingerprint density at radius 3 is 2.80 bits per heavy atom. The molecule has 5 nitrogen and oxygen atoms in total. The van der Waals surface area contributed by atoms with E-state index in [4.69, 9.17) is 21.1 Å². The van der Waals surface area contributed by atoms with Gasteiger partial charge >= 0.3 is 0 Å². The van der Waals surface area contributed by atoms with Crippen molar-refractivity contribution < 1.29 is 9.47 Å². The normalized spacial score (nSPS) is 13.4. The van der Waals surface area contributed by atoms with Crippen LogP contribution < -0.4 is 25.6 Å². The van der Waals surface area contributed by atoms with Crippen LogP contribution in [-0.4, -0.2) is 16.6 Å². The number of hydrogen-bond acceptors (Lipinski definition) is 3. The number of H-pyrrole nitrogens is 1. The van der Waals surface area contributed by atoms with E-state index in [2.05, 4.69) is 11.7 Å². The highest BCUT2D eigenvalue weighted by atomic mass is 35.5. The second-order valence-electron chi connectivity index (χ2n) is 5.84. The predicted octanol–water partition coefficient (Wildman–Crippen LogP) is 2.10. The lowest BCUT2D eigenvalue weighted by Gasteiger charge is -2.03. The van der Waals surface area contributed by atoms with Gasteiger partial charge in [0.25, 0.3) is 5.56 Å². The minimum atomic E-state index is -0.192. The third kappa shape index (κ3) is 2.72. The van der Waals surface area contributed by atoms with Gasteiger partial charge in [-0.25, -0.2) is 4.68 Å². The SMILES string of the molecule is C=c1[nH]n(-c2ccc(C)c(Cl)c2)c(=O)/c1=C/c1ccc2c(c1)OCO2. The molecule has 4 rings (SSSR count). The van der Waals surface area contributed by atoms with Crippen LogP contribution in [0.15, 0.2) is 41.2 Å². The number of fused-ring (bicyclic) bond motifs is 1. The van der Waals surface area contributed by atoms with Gasteiger partial charge in [0.2, 0.25) is 6.79 Å². The van der Waals surface area contributed by atoms with Crippen molar-refractivity contribution in [3.8, 4) is 17.2 Å². The van der Waals surface area contributed by atoms with Crippen LogP contribution in [0.1, 0.15) is 11.1 Å². The predicted molar refractivity (Wildman–Crippen MR) is 97.0 cm³/mol. The number of benzene rings is 2. The summed E-state index contributed by atoms with van der Waals surface area (Å²) in [6.45, 7) is 6.06. The molecule has 1 N–H and O–H groups in total. The molecule has 0 amide bonds. The molecular formula is C19H15ClN2O3. The standard InChI is InChI=1S/C19H15ClN2O3/c1-11-3-5-14(9-16(11)20)22-19(23)15(12(2)21-22)7-13-4-6-17-18(8-13)25-10-24-17/h3-9,21H,2,10H2,1H3/b15-7+. The number of halogens is 1. The number of hydrogen-bond donors (Lipinski definition) is 1. The van der Waals surface area contributed by atoms with Crippen LogP contribution in [0, 0.1) is 6.92 Å². The van der Waals surface area contributed by atoms with Gasteiger partial charge in [-0.05, 0) is 48.4 Å². The van der Waals surface area contributed by atoms with Crippen molar-refractivity contribution in [2.45, 2.75) is 6.92 Å². The summed E-state index contributed by atoms with van der Waals surface area (Å²) in [6.07, 6.45) is 1.77. The van der Waals surface area contributed by atoms with E-state index in [-0.39, 0.29) is 12.4 Å². The first-order valence-electron chi connectivity index (χ1n) is 7.71. The zero-order valence-electron chi connectivity index (χ0n) is 13.5. The van der Waals surface area contributed by atoms with Crippen LogP contribution in [0.4, 0.5) is 0 Å². The molecule has 0 atom stereocenters. The number of aryl methyl sites for hydroxylation is 1. The van der Waals surface area contributed by atoms with Gasteiger partial charge < -0.3 is 9.47 Å². The summed E-state index contributed by atoms with van der Waals surface area (Å²) in [7, 11) is 0. The molecule has 0 bridgehead atoms. The fourth-order valence-electron chi connectivity index (χ4n) is 2.72. The van der Waals surface area contributed by atoms with Gasteiger partial charge in [-0.3, -0.25) is 9.89 Å². The second kappa shape index (κ2) is 5.86. The maximum absolute atomic E-state index is 12.8. The van der Waals surface area contributed by atoms with Crippen LogP contribution >= 0.6 is 11.6 Å². The van der Waals surface area contributed by atoms with Crippen molar-refractivity contribution in [2.24, 2.45) is 0 Å². The van der Waals surface area contributed by atoms with E-state index in [0.29, 0.717) is 32.8 Å². The molecule has 0 radical (unpaired) electrons. The van der Waals surface area contributed by atoms with Crippen molar-refractivity contribution in [3.05, 3.63) is 73.5 Å². The third-order valence-electron chi connectivity index (χ3n) is 4.13. The van der Waals surface area contributed by atoms with Crippen LogP contribution in [0.2, 0.25) is 5.02 Å². The number of aromatic nitrogens is 2. The lowest BCUT2D eigenvalue weighted by atomic mass is 10.1. The van der Waals surface area contributed by atoms with Gasteiger partial charge in [-0.2, -0.15) is 0 Å². The minimum absolute atomic E-state index is 0.192. The second-order valence-corrected chi connectivity index (χ2v) is 6.24. The molecule has 2 aromatic carbocycles. The molecular weight excluding hydrogens is 340 g/mol. The molecule has 1 aliphatic heterocycles. The van der Waals surface area contributed by atoms with Gasteiger partial charge in [0.05, 0.1) is 16.3 Å². The third-order valence-corrected chi connectivity index (χ3v) is 4.53. The van der Waals surface area contributed by atoms with Gasteiger partial charge in [0, 0.05) is 5.02 Å². The summed E-state index contributed by atoms with van der Waals surface area (Å²) in [6, 6.07) is 11.0. The zero-order valence-corrected chi connectivity index (χ0v) is 14.3. The van der Waals surface area contributed by atoms with E-state index in [1.54, 1.807) is 12.1 Å².